The minimum Gasteiger partial charge on any atom is -0.336 e. The maximum absolute atomic E-state index is 12.3. The molecule has 0 unspecified atom stereocenters. The highest BCUT2D eigenvalue weighted by Gasteiger charge is 2.15. The lowest BCUT2D eigenvalue weighted by Crippen LogP contribution is -2.26. The molecule has 108 valence electrons. The van der Waals surface area contributed by atoms with Gasteiger partial charge in [0.05, 0.1) is 16.6 Å². The highest BCUT2D eigenvalue weighted by Crippen LogP contribution is 2.14. The first kappa shape index (κ1) is 15.2. The monoisotopic (exact) mass is 300 g/mol. The molecule has 0 fully saturated rings. The molecular formula is C15H16N4OS. The molecule has 0 aliphatic carbocycles. The fourth-order valence-corrected chi connectivity index (χ4v) is 2.72. The Labute approximate surface area is 127 Å². The summed E-state index contributed by atoms with van der Waals surface area (Å²) in [6.45, 7) is 0.968. The fraction of sp³-hybridized carbons (Fsp3) is 0.267. The molecule has 1 heterocycles. The van der Waals surface area contributed by atoms with Crippen LogP contribution in [0.25, 0.3) is 0 Å². The van der Waals surface area contributed by atoms with Crippen LogP contribution in [0.3, 0.4) is 0 Å². The number of benzene rings is 1. The van der Waals surface area contributed by atoms with Crippen molar-refractivity contribution in [3.63, 3.8) is 0 Å². The summed E-state index contributed by atoms with van der Waals surface area (Å²) in [6.07, 6.45) is 0.686. The molecule has 1 amide bonds. The van der Waals surface area contributed by atoms with Crippen LogP contribution in [0.5, 0.6) is 0 Å². The number of aromatic nitrogens is 1. The van der Waals surface area contributed by atoms with Crippen molar-refractivity contribution in [2.24, 2.45) is 5.73 Å². The lowest BCUT2D eigenvalue weighted by Gasteiger charge is -2.16. The number of rotatable bonds is 5. The van der Waals surface area contributed by atoms with E-state index in [-0.39, 0.29) is 5.91 Å². The third-order valence-corrected chi connectivity index (χ3v) is 3.86. The Balaban J connectivity index is 2.06. The van der Waals surface area contributed by atoms with E-state index in [4.69, 9.17) is 11.0 Å². The normalized spacial score (nSPS) is 10.1. The third kappa shape index (κ3) is 3.88. The first-order valence-corrected chi connectivity index (χ1v) is 7.41. The molecule has 6 heteroatoms. The molecular weight excluding hydrogens is 284 g/mol. The number of amides is 1. The van der Waals surface area contributed by atoms with E-state index < -0.39 is 0 Å². The second-order valence-electron chi connectivity index (χ2n) is 4.64. The summed E-state index contributed by atoms with van der Waals surface area (Å²) in [5, 5.41) is 11.5. The SMILES string of the molecule is CN(Cc1cccc(C#N)c1)C(=O)c1csc(CCN)n1. The highest BCUT2D eigenvalue weighted by atomic mass is 32.1. The zero-order valence-corrected chi connectivity index (χ0v) is 12.6. The quantitative estimate of drug-likeness (QED) is 0.912. The average molecular weight is 300 g/mol. The van der Waals surface area contributed by atoms with Crippen LogP contribution in [0, 0.1) is 11.3 Å². The van der Waals surface area contributed by atoms with Gasteiger partial charge in [-0.05, 0) is 24.2 Å². The van der Waals surface area contributed by atoms with Gasteiger partial charge in [0.25, 0.3) is 5.91 Å². The molecule has 0 aliphatic rings. The Morgan fingerprint density at radius 1 is 1.52 bits per heavy atom. The molecule has 21 heavy (non-hydrogen) atoms. The van der Waals surface area contributed by atoms with Gasteiger partial charge in [0, 0.05) is 25.4 Å². The van der Waals surface area contributed by atoms with Gasteiger partial charge in [0.1, 0.15) is 5.69 Å². The van der Waals surface area contributed by atoms with Crippen molar-refractivity contribution in [1.29, 1.82) is 5.26 Å². The van der Waals surface area contributed by atoms with Crippen LogP contribution in [0.1, 0.15) is 26.6 Å². The van der Waals surface area contributed by atoms with Gasteiger partial charge in [-0.2, -0.15) is 5.26 Å². The van der Waals surface area contributed by atoms with E-state index in [1.807, 2.05) is 12.1 Å². The Morgan fingerprint density at radius 2 is 2.33 bits per heavy atom. The van der Waals surface area contributed by atoms with Gasteiger partial charge >= 0.3 is 0 Å². The van der Waals surface area contributed by atoms with Crippen molar-refractivity contribution in [2.75, 3.05) is 13.6 Å². The van der Waals surface area contributed by atoms with Crippen LogP contribution in [-0.2, 0) is 13.0 Å². The third-order valence-electron chi connectivity index (χ3n) is 2.95. The van der Waals surface area contributed by atoms with Crippen LogP contribution >= 0.6 is 11.3 Å². The van der Waals surface area contributed by atoms with Crippen molar-refractivity contribution in [3.05, 3.63) is 51.5 Å². The smallest absolute Gasteiger partial charge is 0.273 e. The number of thiazole rings is 1. The predicted octanol–water partition coefficient (Wildman–Crippen LogP) is 1.79. The summed E-state index contributed by atoms with van der Waals surface area (Å²) in [6, 6.07) is 9.32. The van der Waals surface area contributed by atoms with E-state index >= 15 is 0 Å². The van der Waals surface area contributed by atoms with Gasteiger partial charge in [-0.3, -0.25) is 4.79 Å². The standard InChI is InChI=1S/C15H16N4OS/c1-19(9-12-4-2-3-11(7-12)8-17)15(20)13-10-21-14(18-13)5-6-16/h2-4,7,10H,5-6,9,16H2,1H3. The minimum atomic E-state index is -0.128. The molecule has 1 aromatic carbocycles. The molecule has 5 nitrogen and oxygen atoms in total. The van der Waals surface area contributed by atoms with E-state index in [9.17, 15) is 4.79 Å². The molecule has 2 N–H and O–H groups in total. The Hall–Kier alpha value is -2.23. The first-order valence-electron chi connectivity index (χ1n) is 6.53. The van der Waals surface area contributed by atoms with Crippen LogP contribution in [0.2, 0.25) is 0 Å². The van der Waals surface area contributed by atoms with Crippen molar-refractivity contribution in [2.45, 2.75) is 13.0 Å². The maximum Gasteiger partial charge on any atom is 0.273 e. The number of hydrogen-bond acceptors (Lipinski definition) is 5. The molecule has 0 atom stereocenters. The van der Waals surface area contributed by atoms with Gasteiger partial charge in [-0.25, -0.2) is 4.98 Å². The maximum atomic E-state index is 12.3. The fourth-order valence-electron chi connectivity index (χ4n) is 1.93. The van der Waals surface area contributed by atoms with Crippen molar-refractivity contribution < 1.29 is 4.79 Å². The van der Waals surface area contributed by atoms with Gasteiger partial charge < -0.3 is 10.6 Å². The predicted molar refractivity (Wildman–Crippen MR) is 81.8 cm³/mol. The molecule has 2 aromatic rings. The van der Waals surface area contributed by atoms with E-state index in [1.165, 1.54) is 11.3 Å². The number of carbonyl (C=O) groups is 1. The minimum absolute atomic E-state index is 0.128. The van der Waals surface area contributed by atoms with Crippen LogP contribution in [-0.4, -0.2) is 29.4 Å². The Bertz CT molecular complexity index is 674. The van der Waals surface area contributed by atoms with E-state index in [1.54, 1.807) is 29.5 Å². The number of nitrogens with two attached hydrogens (primary N) is 1. The average Bonchev–Trinajstić information content (AvgIpc) is 2.95. The summed E-state index contributed by atoms with van der Waals surface area (Å²) in [4.78, 5) is 18.2. The topological polar surface area (TPSA) is 83.0 Å². The molecule has 0 aliphatic heterocycles. The number of carbonyl (C=O) groups excluding carboxylic acids is 1. The largest absolute Gasteiger partial charge is 0.336 e. The van der Waals surface area contributed by atoms with E-state index in [2.05, 4.69) is 11.1 Å². The lowest BCUT2D eigenvalue weighted by atomic mass is 10.1. The van der Waals surface area contributed by atoms with Gasteiger partial charge in [-0.1, -0.05) is 12.1 Å². The molecule has 0 radical (unpaired) electrons. The summed E-state index contributed by atoms with van der Waals surface area (Å²) < 4.78 is 0. The summed E-state index contributed by atoms with van der Waals surface area (Å²) in [5.74, 6) is -0.128. The zero-order valence-electron chi connectivity index (χ0n) is 11.7. The van der Waals surface area contributed by atoms with Crippen LogP contribution < -0.4 is 5.73 Å². The lowest BCUT2D eigenvalue weighted by molar-refractivity contribution is 0.0780. The second-order valence-corrected chi connectivity index (χ2v) is 5.58. The summed E-state index contributed by atoms with van der Waals surface area (Å²) in [5.41, 5.74) is 7.44. The second kappa shape index (κ2) is 6.97. The number of hydrogen-bond donors (Lipinski definition) is 1. The molecule has 0 saturated heterocycles. The van der Waals surface area contributed by atoms with Crippen LogP contribution in [0.4, 0.5) is 0 Å². The van der Waals surface area contributed by atoms with Gasteiger partial charge in [0.15, 0.2) is 0 Å². The van der Waals surface area contributed by atoms with E-state index in [0.717, 1.165) is 10.6 Å². The Kier molecular flexibility index (Phi) is 5.04. The summed E-state index contributed by atoms with van der Waals surface area (Å²) >= 11 is 1.45. The number of nitriles is 1. The molecule has 2 rings (SSSR count). The molecule has 0 spiro atoms. The van der Waals surface area contributed by atoms with Gasteiger partial charge in [-0.15, -0.1) is 11.3 Å². The first-order chi connectivity index (χ1) is 10.1. The summed E-state index contributed by atoms with van der Waals surface area (Å²) in [7, 11) is 1.73. The van der Waals surface area contributed by atoms with Crippen LogP contribution in [0.15, 0.2) is 29.6 Å². The zero-order chi connectivity index (χ0) is 15.2. The van der Waals surface area contributed by atoms with E-state index in [0.29, 0.717) is 30.8 Å². The highest BCUT2D eigenvalue weighted by molar-refractivity contribution is 7.09. The molecule has 0 bridgehead atoms. The Morgan fingerprint density at radius 3 is 3.05 bits per heavy atom. The van der Waals surface area contributed by atoms with Crippen molar-refractivity contribution >= 4 is 17.2 Å². The van der Waals surface area contributed by atoms with Crippen molar-refractivity contribution in [3.8, 4) is 6.07 Å². The molecule has 0 saturated carbocycles. The van der Waals surface area contributed by atoms with Crippen molar-refractivity contribution in [1.82, 2.24) is 9.88 Å². The molecule has 1 aromatic heterocycles. The number of nitrogens with zero attached hydrogens (tertiary/aromatic N) is 3. The van der Waals surface area contributed by atoms with Gasteiger partial charge in [0.2, 0.25) is 0 Å².